The van der Waals surface area contributed by atoms with Gasteiger partial charge in [0.15, 0.2) is 0 Å². The summed E-state index contributed by atoms with van der Waals surface area (Å²) >= 11 is 0. The largest absolute Gasteiger partial charge is 0.508 e. The van der Waals surface area contributed by atoms with Crippen molar-refractivity contribution in [2.75, 3.05) is 0 Å². The number of aryl methyl sites for hydroxylation is 1. The van der Waals surface area contributed by atoms with Crippen LogP contribution in [0.15, 0.2) is 59.9 Å². The number of fused-ring (bicyclic) bond motifs is 1. The lowest BCUT2D eigenvalue weighted by Crippen LogP contribution is -2.25. The van der Waals surface area contributed by atoms with Crippen LogP contribution in [-0.4, -0.2) is 10.2 Å². The average molecular weight is 369 g/mol. The van der Waals surface area contributed by atoms with Crippen molar-refractivity contribution >= 4 is 5.57 Å². The summed E-state index contributed by atoms with van der Waals surface area (Å²) < 4.78 is 0. The second kappa shape index (κ2) is 10.8. The minimum Gasteiger partial charge on any atom is -0.508 e. The van der Waals surface area contributed by atoms with Gasteiger partial charge in [-0.3, -0.25) is 0 Å². The summed E-state index contributed by atoms with van der Waals surface area (Å²) in [5, 5.41) is 19.3. The summed E-state index contributed by atoms with van der Waals surface area (Å²) in [5.41, 5.74) is 5.31. The third kappa shape index (κ3) is 6.16. The molecular formula is C25H36O2. The fourth-order valence-corrected chi connectivity index (χ4v) is 3.75. The average Bonchev–Trinajstić information content (AvgIpc) is 2.65. The zero-order chi connectivity index (χ0) is 20.4. The van der Waals surface area contributed by atoms with Crippen molar-refractivity contribution in [3.8, 4) is 5.75 Å². The van der Waals surface area contributed by atoms with Crippen LogP contribution in [0.3, 0.4) is 0 Å². The van der Waals surface area contributed by atoms with E-state index in [2.05, 4.69) is 39.0 Å². The van der Waals surface area contributed by atoms with Gasteiger partial charge in [-0.1, -0.05) is 57.6 Å². The molecule has 1 unspecified atom stereocenters. The summed E-state index contributed by atoms with van der Waals surface area (Å²) in [6.07, 6.45) is 13.8. The number of hydrogen-bond acceptors (Lipinski definition) is 2. The van der Waals surface area contributed by atoms with Gasteiger partial charge in [-0.15, -0.1) is 0 Å². The molecule has 1 aliphatic carbocycles. The maximum absolute atomic E-state index is 9.78. The fourth-order valence-electron chi connectivity index (χ4n) is 3.75. The number of allylic oxidation sites excluding steroid dienone is 7. The van der Waals surface area contributed by atoms with E-state index in [9.17, 15) is 10.2 Å². The summed E-state index contributed by atoms with van der Waals surface area (Å²) in [4.78, 5) is 0. The zero-order valence-corrected chi connectivity index (χ0v) is 17.8. The Morgan fingerprint density at radius 2 is 1.96 bits per heavy atom. The molecule has 0 radical (unpaired) electrons. The first kappa shape index (κ1) is 22.8. The first-order valence-corrected chi connectivity index (χ1v) is 10.1. The van der Waals surface area contributed by atoms with E-state index in [-0.39, 0.29) is 11.2 Å². The highest BCUT2D eigenvalue weighted by Gasteiger charge is 2.34. The lowest BCUT2D eigenvalue weighted by atomic mass is 9.66. The van der Waals surface area contributed by atoms with Gasteiger partial charge in [0.2, 0.25) is 0 Å². The normalized spacial score (nSPS) is 21.8. The Morgan fingerprint density at radius 3 is 2.59 bits per heavy atom. The van der Waals surface area contributed by atoms with Crippen LogP contribution in [0, 0.1) is 5.41 Å². The molecule has 27 heavy (non-hydrogen) atoms. The number of hydrogen-bond donors (Lipinski definition) is 2. The highest BCUT2D eigenvalue weighted by Crippen LogP contribution is 2.49. The second-order valence-electron chi connectivity index (χ2n) is 7.19. The second-order valence-corrected chi connectivity index (χ2v) is 7.19. The SMILES string of the molecule is CC.C\C=C(O)/C=C\C=C(/C)CC1(C)CCc2cc(O)ccc2/C1=C/CC. The molecule has 0 bridgehead atoms. The quantitative estimate of drug-likeness (QED) is 0.417. The number of aromatic hydroxyl groups is 1. The molecule has 0 fully saturated rings. The molecule has 2 N–H and O–H groups in total. The first-order valence-electron chi connectivity index (χ1n) is 10.1. The van der Waals surface area contributed by atoms with Crippen molar-refractivity contribution in [2.45, 2.75) is 67.2 Å². The molecule has 0 amide bonds. The molecule has 1 atom stereocenters. The molecule has 1 aromatic rings. The van der Waals surface area contributed by atoms with Crippen molar-refractivity contribution in [1.82, 2.24) is 0 Å². The smallest absolute Gasteiger partial charge is 0.115 e. The molecule has 0 saturated heterocycles. The Bertz CT molecular complexity index is 735. The fraction of sp³-hybridized carbons (Fsp3) is 0.440. The molecular weight excluding hydrogens is 332 g/mol. The first-order chi connectivity index (χ1) is 12.9. The number of phenolic OH excluding ortho intramolecular Hbond substituents is 1. The molecule has 1 aliphatic rings. The third-order valence-corrected chi connectivity index (χ3v) is 5.00. The monoisotopic (exact) mass is 368 g/mol. The van der Waals surface area contributed by atoms with Gasteiger partial charge in [0.25, 0.3) is 0 Å². The van der Waals surface area contributed by atoms with E-state index in [0.29, 0.717) is 5.75 Å². The lowest BCUT2D eigenvalue weighted by Gasteiger charge is -2.38. The Kier molecular flexibility index (Phi) is 9.14. The van der Waals surface area contributed by atoms with E-state index in [4.69, 9.17) is 0 Å². The van der Waals surface area contributed by atoms with Crippen LogP contribution in [-0.2, 0) is 6.42 Å². The molecule has 2 nitrogen and oxygen atoms in total. The molecule has 0 saturated carbocycles. The summed E-state index contributed by atoms with van der Waals surface area (Å²) in [7, 11) is 0. The molecule has 0 aliphatic heterocycles. The lowest BCUT2D eigenvalue weighted by molar-refractivity contribution is 0.392. The maximum Gasteiger partial charge on any atom is 0.115 e. The van der Waals surface area contributed by atoms with Gasteiger partial charge < -0.3 is 10.2 Å². The summed E-state index contributed by atoms with van der Waals surface area (Å²) in [5.74, 6) is 0.636. The molecule has 2 rings (SSSR count). The van der Waals surface area contributed by atoms with E-state index >= 15 is 0 Å². The van der Waals surface area contributed by atoms with E-state index in [0.717, 1.165) is 25.7 Å². The summed E-state index contributed by atoms with van der Waals surface area (Å²) in [6.45, 7) is 12.5. The van der Waals surface area contributed by atoms with Crippen molar-refractivity contribution < 1.29 is 10.2 Å². The molecule has 0 heterocycles. The standard InChI is InChI=1S/C23H30O2.C2H6/c1-5-8-22-21-12-11-20(25)15-18(21)13-14-23(22,4)16-17(3)9-7-10-19(24)6-2;1-2/h6-12,15,24-25H,5,13-14,16H2,1-4H3;1-2H3/b10-7-,17-9+,19-6+,22-8-;. The van der Waals surface area contributed by atoms with Gasteiger partial charge in [-0.05, 0) is 85.9 Å². The van der Waals surface area contributed by atoms with Gasteiger partial charge in [-0.2, -0.15) is 0 Å². The minimum atomic E-state index is 0.0943. The number of phenols is 1. The number of benzene rings is 1. The van der Waals surface area contributed by atoms with Crippen LogP contribution in [0.1, 0.15) is 71.9 Å². The van der Waals surface area contributed by atoms with Gasteiger partial charge in [0, 0.05) is 0 Å². The minimum absolute atomic E-state index is 0.0943. The van der Waals surface area contributed by atoms with Gasteiger partial charge in [0.1, 0.15) is 11.5 Å². The van der Waals surface area contributed by atoms with E-state index in [1.807, 2.05) is 32.9 Å². The van der Waals surface area contributed by atoms with Crippen LogP contribution >= 0.6 is 0 Å². The number of rotatable bonds is 5. The molecule has 2 heteroatoms. The van der Waals surface area contributed by atoms with Crippen molar-refractivity contribution in [2.24, 2.45) is 5.41 Å². The number of aliphatic hydroxyl groups excluding tert-OH is 1. The highest BCUT2D eigenvalue weighted by atomic mass is 16.3. The van der Waals surface area contributed by atoms with Gasteiger partial charge >= 0.3 is 0 Å². The molecule has 1 aromatic carbocycles. The van der Waals surface area contributed by atoms with Crippen LogP contribution in [0.5, 0.6) is 5.75 Å². The molecule has 0 aromatic heterocycles. The predicted octanol–water partition coefficient (Wildman–Crippen LogP) is 7.52. The van der Waals surface area contributed by atoms with Crippen molar-refractivity contribution in [3.05, 3.63) is 71.0 Å². The Morgan fingerprint density at radius 1 is 1.26 bits per heavy atom. The highest BCUT2D eigenvalue weighted by molar-refractivity contribution is 5.75. The topological polar surface area (TPSA) is 40.5 Å². The van der Waals surface area contributed by atoms with Crippen LogP contribution in [0.2, 0.25) is 0 Å². The van der Waals surface area contributed by atoms with Crippen molar-refractivity contribution in [1.29, 1.82) is 0 Å². The Balaban J connectivity index is 0.00000176. The van der Waals surface area contributed by atoms with Gasteiger partial charge in [0.05, 0.1) is 0 Å². The maximum atomic E-state index is 9.78. The molecule has 0 spiro atoms. The van der Waals surface area contributed by atoms with Gasteiger partial charge in [-0.25, -0.2) is 0 Å². The van der Waals surface area contributed by atoms with E-state index in [1.165, 1.54) is 22.3 Å². The summed E-state index contributed by atoms with van der Waals surface area (Å²) in [6, 6.07) is 5.76. The Hall–Kier alpha value is -2.22. The number of aliphatic hydroxyl groups is 1. The van der Waals surface area contributed by atoms with Crippen LogP contribution in [0.25, 0.3) is 5.57 Å². The predicted molar refractivity (Wildman–Crippen MR) is 118 cm³/mol. The van der Waals surface area contributed by atoms with E-state index in [1.54, 1.807) is 18.2 Å². The van der Waals surface area contributed by atoms with E-state index < -0.39 is 0 Å². The third-order valence-electron chi connectivity index (χ3n) is 5.00. The van der Waals surface area contributed by atoms with Crippen molar-refractivity contribution in [3.63, 3.8) is 0 Å². The Labute approximate surface area is 165 Å². The van der Waals surface area contributed by atoms with Crippen LogP contribution in [0.4, 0.5) is 0 Å². The van der Waals surface area contributed by atoms with Crippen LogP contribution < -0.4 is 0 Å². The zero-order valence-electron chi connectivity index (χ0n) is 17.8. The molecule has 148 valence electrons.